The van der Waals surface area contributed by atoms with E-state index in [1.165, 1.54) is 24.5 Å². The molecule has 2 amide bonds. The summed E-state index contributed by atoms with van der Waals surface area (Å²) in [4.78, 5) is 49.3. The van der Waals surface area contributed by atoms with E-state index in [2.05, 4.69) is 25.6 Å². The standard InChI is InChI=1S/C28H21F3N6O4S/c1-2-33-27(41)36-23-10-17(25-35-22(14-42-25)28(29,30)31)19(11-34-23)16-3-4-21-18(9-16)24(38)20(26(39)40)13-37(21)12-15-5-7-32-8-6-15/h3-11,13-14H,2,12H2,1H3,(H,39,40)(H2,33,34,36,41). The molecule has 10 nitrogen and oxygen atoms in total. The van der Waals surface area contributed by atoms with E-state index in [1.807, 2.05) is 0 Å². The predicted octanol–water partition coefficient (Wildman–Crippen LogP) is 5.49. The van der Waals surface area contributed by atoms with Crippen molar-refractivity contribution in [2.75, 3.05) is 11.9 Å². The van der Waals surface area contributed by atoms with E-state index in [0.29, 0.717) is 23.2 Å². The van der Waals surface area contributed by atoms with Crippen LogP contribution in [-0.4, -0.2) is 43.2 Å². The summed E-state index contributed by atoms with van der Waals surface area (Å²) in [6.45, 7) is 2.31. The summed E-state index contributed by atoms with van der Waals surface area (Å²) in [5.74, 6) is -1.33. The Hall–Kier alpha value is -5.11. The molecule has 0 saturated carbocycles. The average Bonchev–Trinajstić information content (AvgIpc) is 3.46. The number of fused-ring (bicyclic) bond motifs is 1. The Morgan fingerprint density at radius 1 is 1.10 bits per heavy atom. The van der Waals surface area contributed by atoms with Gasteiger partial charge in [0.1, 0.15) is 16.4 Å². The number of thiazole rings is 1. The number of amides is 2. The Bertz CT molecular complexity index is 1870. The summed E-state index contributed by atoms with van der Waals surface area (Å²) >= 11 is 0.757. The molecule has 5 rings (SSSR count). The van der Waals surface area contributed by atoms with Crippen molar-refractivity contribution in [2.24, 2.45) is 0 Å². The minimum Gasteiger partial charge on any atom is -0.477 e. The molecule has 5 aromatic rings. The summed E-state index contributed by atoms with van der Waals surface area (Å²) in [6.07, 6.45) is 1.15. The summed E-state index contributed by atoms with van der Waals surface area (Å²) in [7, 11) is 0. The number of alkyl halides is 3. The van der Waals surface area contributed by atoms with E-state index >= 15 is 0 Å². The van der Waals surface area contributed by atoms with Gasteiger partial charge in [0.25, 0.3) is 0 Å². The quantitative estimate of drug-likeness (QED) is 0.227. The molecular weight excluding hydrogens is 573 g/mol. The first kappa shape index (κ1) is 28.4. The van der Waals surface area contributed by atoms with Crippen molar-refractivity contribution >= 4 is 40.1 Å². The molecule has 0 aliphatic rings. The molecule has 0 radical (unpaired) electrons. The minimum absolute atomic E-state index is 0.00755. The van der Waals surface area contributed by atoms with Crippen molar-refractivity contribution in [2.45, 2.75) is 19.6 Å². The molecule has 1 aromatic carbocycles. The van der Waals surface area contributed by atoms with Gasteiger partial charge in [0.15, 0.2) is 5.69 Å². The van der Waals surface area contributed by atoms with Crippen LogP contribution < -0.4 is 16.1 Å². The zero-order valence-electron chi connectivity index (χ0n) is 21.8. The van der Waals surface area contributed by atoms with Crippen molar-refractivity contribution < 1.29 is 27.9 Å². The summed E-state index contributed by atoms with van der Waals surface area (Å²) in [6, 6.07) is 9.12. The van der Waals surface area contributed by atoms with Gasteiger partial charge in [0.05, 0.1) is 5.52 Å². The summed E-state index contributed by atoms with van der Waals surface area (Å²) in [5.41, 5.74) is -0.0401. The van der Waals surface area contributed by atoms with Crippen molar-refractivity contribution in [3.05, 3.63) is 93.6 Å². The van der Waals surface area contributed by atoms with Crippen LogP contribution in [0.4, 0.5) is 23.8 Å². The first-order valence-electron chi connectivity index (χ1n) is 12.4. The molecule has 0 spiro atoms. The van der Waals surface area contributed by atoms with Crippen LogP contribution in [0.25, 0.3) is 32.6 Å². The highest BCUT2D eigenvalue weighted by atomic mass is 32.1. The molecule has 214 valence electrons. The Balaban J connectivity index is 1.68. The topological polar surface area (TPSA) is 139 Å². The van der Waals surface area contributed by atoms with Crippen molar-refractivity contribution in [3.63, 3.8) is 0 Å². The third kappa shape index (κ3) is 5.83. The van der Waals surface area contributed by atoms with Crippen LogP contribution in [0.3, 0.4) is 0 Å². The third-order valence-corrected chi connectivity index (χ3v) is 7.11. The van der Waals surface area contributed by atoms with Gasteiger partial charge in [-0.05, 0) is 48.4 Å². The van der Waals surface area contributed by atoms with E-state index in [1.54, 1.807) is 48.1 Å². The molecule has 0 aliphatic heterocycles. The number of anilines is 1. The Labute approximate surface area is 239 Å². The average molecular weight is 595 g/mol. The summed E-state index contributed by atoms with van der Waals surface area (Å²) < 4.78 is 41.7. The lowest BCUT2D eigenvalue weighted by Gasteiger charge is -2.15. The molecule has 0 unspecified atom stereocenters. The maximum absolute atomic E-state index is 13.4. The van der Waals surface area contributed by atoms with Crippen LogP contribution in [0.5, 0.6) is 0 Å². The lowest BCUT2D eigenvalue weighted by atomic mass is 9.99. The van der Waals surface area contributed by atoms with E-state index < -0.39 is 34.9 Å². The number of benzene rings is 1. The predicted molar refractivity (Wildman–Crippen MR) is 151 cm³/mol. The number of halogens is 3. The first-order chi connectivity index (χ1) is 20.0. The van der Waals surface area contributed by atoms with E-state index in [4.69, 9.17) is 0 Å². The lowest BCUT2D eigenvalue weighted by Crippen LogP contribution is -2.28. The highest BCUT2D eigenvalue weighted by molar-refractivity contribution is 7.13. The molecule has 4 aromatic heterocycles. The van der Waals surface area contributed by atoms with Crippen LogP contribution >= 0.6 is 11.3 Å². The number of carbonyl (C=O) groups is 2. The van der Waals surface area contributed by atoms with Gasteiger partial charge in [-0.15, -0.1) is 11.3 Å². The van der Waals surface area contributed by atoms with Crippen molar-refractivity contribution in [3.8, 4) is 21.7 Å². The van der Waals surface area contributed by atoms with Crippen molar-refractivity contribution in [1.82, 2.24) is 24.8 Å². The van der Waals surface area contributed by atoms with Gasteiger partial charge >= 0.3 is 18.2 Å². The first-order valence-corrected chi connectivity index (χ1v) is 13.3. The summed E-state index contributed by atoms with van der Waals surface area (Å²) in [5, 5.41) is 15.8. The molecule has 4 heterocycles. The molecule has 42 heavy (non-hydrogen) atoms. The molecule has 0 aliphatic carbocycles. The second-order valence-electron chi connectivity index (χ2n) is 9.03. The molecule has 0 fully saturated rings. The van der Waals surface area contributed by atoms with Crippen LogP contribution in [0.15, 0.2) is 71.4 Å². The fraction of sp³-hybridized carbons (Fsp3) is 0.143. The van der Waals surface area contributed by atoms with Gasteiger partial charge < -0.3 is 15.0 Å². The number of hydrogen-bond donors (Lipinski definition) is 3. The number of pyridine rings is 3. The van der Waals surface area contributed by atoms with Gasteiger partial charge in [-0.2, -0.15) is 13.2 Å². The van der Waals surface area contributed by atoms with Gasteiger partial charge in [-0.1, -0.05) is 6.07 Å². The van der Waals surface area contributed by atoms with Crippen LogP contribution in [0.1, 0.15) is 28.5 Å². The molecule has 0 atom stereocenters. The molecule has 3 N–H and O–H groups in total. The number of nitrogens with zero attached hydrogens (tertiary/aromatic N) is 4. The SMILES string of the molecule is CCNC(=O)Nc1cc(-c2nc(C(F)(F)F)cs2)c(-c2ccc3c(c2)c(=O)c(C(=O)O)cn3Cc2ccncc2)cn1. The highest BCUT2D eigenvalue weighted by Gasteiger charge is 2.34. The molecule has 0 bridgehead atoms. The zero-order chi connectivity index (χ0) is 30.0. The van der Waals surface area contributed by atoms with Gasteiger partial charge in [-0.25, -0.2) is 19.6 Å². The van der Waals surface area contributed by atoms with E-state index in [0.717, 1.165) is 22.3 Å². The number of aromatic carboxylic acids is 1. The smallest absolute Gasteiger partial charge is 0.434 e. The normalized spacial score (nSPS) is 11.4. The number of carbonyl (C=O) groups excluding carboxylic acids is 1. The minimum atomic E-state index is -4.67. The fourth-order valence-electron chi connectivity index (χ4n) is 4.31. The fourth-order valence-corrected chi connectivity index (χ4v) is 5.17. The number of aromatic nitrogens is 4. The van der Waals surface area contributed by atoms with Gasteiger partial charge in [0, 0.05) is 59.8 Å². The second kappa shape index (κ2) is 11.4. The van der Waals surface area contributed by atoms with Gasteiger partial charge in [0.2, 0.25) is 5.43 Å². The van der Waals surface area contributed by atoms with E-state index in [9.17, 15) is 32.7 Å². The largest absolute Gasteiger partial charge is 0.477 e. The molecule has 0 saturated heterocycles. The molecule has 14 heteroatoms. The number of rotatable bonds is 7. The Kier molecular flexibility index (Phi) is 7.72. The third-order valence-electron chi connectivity index (χ3n) is 6.23. The van der Waals surface area contributed by atoms with Gasteiger partial charge in [-0.3, -0.25) is 15.1 Å². The number of hydrogen-bond acceptors (Lipinski definition) is 7. The molecular formula is C28H21F3N6O4S. The zero-order valence-corrected chi connectivity index (χ0v) is 22.6. The maximum Gasteiger partial charge on any atom is 0.434 e. The van der Waals surface area contributed by atoms with Crippen LogP contribution in [-0.2, 0) is 12.7 Å². The van der Waals surface area contributed by atoms with Crippen LogP contribution in [0, 0.1) is 0 Å². The Morgan fingerprint density at radius 3 is 2.52 bits per heavy atom. The number of urea groups is 1. The highest BCUT2D eigenvalue weighted by Crippen LogP contribution is 2.39. The number of nitrogens with one attached hydrogen (secondary N) is 2. The maximum atomic E-state index is 13.4. The lowest BCUT2D eigenvalue weighted by molar-refractivity contribution is -0.140. The second-order valence-corrected chi connectivity index (χ2v) is 9.89. The van der Waals surface area contributed by atoms with Crippen LogP contribution in [0.2, 0.25) is 0 Å². The van der Waals surface area contributed by atoms with E-state index in [-0.39, 0.29) is 28.3 Å². The van der Waals surface area contributed by atoms with Crippen molar-refractivity contribution in [1.29, 1.82) is 0 Å². The Morgan fingerprint density at radius 2 is 1.86 bits per heavy atom. The number of carboxylic acids is 1. The number of carboxylic acid groups (broad SMARTS) is 1. The monoisotopic (exact) mass is 594 g/mol.